The molecule has 1 aliphatic heterocycles. The summed E-state index contributed by atoms with van der Waals surface area (Å²) in [6.07, 6.45) is 3.86. The normalized spacial score (nSPS) is 17.6. The largest absolute Gasteiger partial charge is 0.312 e. The molecule has 3 aromatic rings. The van der Waals surface area contributed by atoms with E-state index in [0.29, 0.717) is 25.1 Å². The molecule has 0 saturated heterocycles. The van der Waals surface area contributed by atoms with Crippen molar-refractivity contribution >= 4 is 21.6 Å². The molecule has 0 radical (unpaired) electrons. The third kappa shape index (κ3) is 3.30. The van der Waals surface area contributed by atoms with Crippen LogP contribution in [0, 0.1) is 5.92 Å². The predicted molar refractivity (Wildman–Crippen MR) is 114 cm³/mol. The Morgan fingerprint density at radius 3 is 2.57 bits per heavy atom. The standard InChI is InChI=1S/C23H21N3O3S/c24-30(28,29)20-7-6-15-8-10-26(22(15)14-20)23(27)19-11-16-4-5-17(12-18(16)13-19)21-3-1-2-9-25-21/h1-7,9,12,14,19H,8,10-11,13H2,(H2,24,28,29)/t19-/m1/s1. The maximum Gasteiger partial charge on any atom is 0.238 e. The van der Waals surface area contributed by atoms with Gasteiger partial charge in [0, 0.05) is 29.9 Å². The van der Waals surface area contributed by atoms with Crippen molar-refractivity contribution in [3.05, 3.63) is 77.5 Å². The number of sulfonamides is 1. The topological polar surface area (TPSA) is 93.4 Å². The Hall–Kier alpha value is -3.03. The summed E-state index contributed by atoms with van der Waals surface area (Å²) in [7, 11) is -3.81. The van der Waals surface area contributed by atoms with E-state index in [1.165, 1.54) is 23.3 Å². The molecule has 0 fully saturated rings. The van der Waals surface area contributed by atoms with Crippen LogP contribution >= 0.6 is 0 Å². The van der Waals surface area contributed by atoms with E-state index in [2.05, 4.69) is 23.2 Å². The Kier molecular flexibility index (Phi) is 4.45. The van der Waals surface area contributed by atoms with Crippen LogP contribution in [0.15, 0.2) is 65.7 Å². The molecule has 1 amide bonds. The number of benzene rings is 2. The molecule has 0 unspecified atom stereocenters. The molecule has 0 bridgehead atoms. The van der Waals surface area contributed by atoms with Crippen LogP contribution in [0.5, 0.6) is 0 Å². The minimum absolute atomic E-state index is 0.0376. The molecule has 2 aliphatic rings. The fourth-order valence-electron chi connectivity index (χ4n) is 4.47. The number of pyridine rings is 1. The van der Waals surface area contributed by atoms with Gasteiger partial charge in [-0.05, 0) is 66.3 Å². The highest BCUT2D eigenvalue weighted by atomic mass is 32.2. The van der Waals surface area contributed by atoms with Crippen LogP contribution in [-0.2, 0) is 34.1 Å². The van der Waals surface area contributed by atoms with Gasteiger partial charge in [0.1, 0.15) is 0 Å². The number of nitrogens with two attached hydrogens (primary N) is 1. The molecule has 30 heavy (non-hydrogen) atoms. The summed E-state index contributed by atoms with van der Waals surface area (Å²) in [5, 5.41) is 5.28. The molecule has 1 atom stereocenters. The molecule has 1 aromatic heterocycles. The van der Waals surface area contributed by atoms with E-state index < -0.39 is 10.0 Å². The molecule has 0 saturated carbocycles. The monoisotopic (exact) mass is 419 g/mol. The second-order valence-corrected chi connectivity index (χ2v) is 9.44. The minimum Gasteiger partial charge on any atom is -0.312 e. The first kappa shape index (κ1) is 19.0. The van der Waals surface area contributed by atoms with Gasteiger partial charge in [0.2, 0.25) is 15.9 Å². The molecule has 1 aliphatic carbocycles. The number of anilines is 1. The van der Waals surface area contributed by atoms with Crippen molar-refractivity contribution < 1.29 is 13.2 Å². The second kappa shape index (κ2) is 7.04. The number of hydrogen-bond acceptors (Lipinski definition) is 4. The van der Waals surface area contributed by atoms with Crippen molar-refractivity contribution in [2.24, 2.45) is 11.1 Å². The van der Waals surface area contributed by atoms with E-state index >= 15 is 0 Å². The van der Waals surface area contributed by atoms with Gasteiger partial charge in [-0.2, -0.15) is 0 Å². The van der Waals surface area contributed by atoms with Crippen molar-refractivity contribution in [2.75, 3.05) is 11.4 Å². The summed E-state index contributed by atoms with van der Waals surface area (Å²) in [5.74, 6) is -0.112. The first-order chi connectivity index (χ1) is 14.4. The van der Waals surface area contributed by atoms with Crippen LogP contribution < -0.4 is 10.0 Å². The van der Waals surface area contributed by atoms with Crippen molar-refractivity contribution in [1.82, 2.24) is 4.98 Å². The van der Waals surface area contributed by atoms with Gasteiger partial charge in [-0.25, -0.2) is 13.6 Å². The Labute approximate surface area is 175 Å². The number of hydrogen-bond donors (Lipinski definition) is 1. The quantitative estimate of drug-likeness (QED) is 0.706. The maximum atomic E-state index is 13.3. The number of fused-ring (bicyclic) bond motifs is 2. The highest BCUT2D eigenvalue weighted by Gasteiger charge is 2.34. The van der Waals surface area contributed by atoms with E-state index in [1.807, 2.05) is 18.2 Å². The molecule has 5 rings (SSSR count). The van der Waals surface area contributed by atoms with Crippen LogP contribution in [0.4, 0.5) is 5.69 Å². The minimum atomic E-state index is -3.81. The van der Waals surface area contributed by atoms with Crippen LogP contribution in [0.25, 0.3) is 11.3 Å². The number of carbonyl (C=O) groups excluding carboxylic acids is 1. The summed E-state index contributed by atoms with van der Waals surface area (Å²) >= 11 is 0. The second-order valence-electron chi connectivity index (χ2n) is 7.88. The van der Waals surface area contributed by atoms with Crippen molar-refractivity contribution in [1.29, 1.82) is 0 Å². The van der Waals surface area contributed by atoms with Crippen molar-refractivity contribution in [2.45, 2.75) is 24.2 Å². The van der Waals surface area contributed by atoms with E-state index in [-0.39, 0.29) is 16.7 Å². The third-order valence-corrected chi connectivity index (χ3v) is 6.91. The van der Waals surface area contributed by atoms with Gasteiger partial charge in [0.15, 0.2) is 0 Å². The molecule has 0 spiro atoms. The fourth-order valence-corrected chi connectivity index (χ4v) is 5.00. The van der Waals surface area contributed by atoms with Crippen molar-refractivity contribution in [3.8, 4) is 11.3 Å². The smallest absolute Gasteiger partial charge is 0.238 e. The number of nitrogens with zero attached hydrogens (tertiary/aromatic N) is 2. The van der Waals surface area contributed by atoms with Gasteiger partial charge in [-0.1, -0.05) is 24.3 Å². The number of carbonyl (C=O) groups is 1. The zero-order valence-corrected chi connectivity index (χ0v) is 17.1. The lowest BCUT2D eigenvalue weighted by molar-refractivity contribution is -0.122. The SMILES string of the molecule is NS(=O)(=O)c1ccc2c(c1)N(C(=O)[C@@H]1Cc3ccc(-c4ccccn4)cc3C1)CC2. The zero-order chi connectivity index (χ0) is 20.9. The van der Waals surface area contributed by atoms with Crippen LogP contribution in [-0.4, -0.2) is 25.9 Å². The zero-order valence-electron chi connectivity index (χ0n) is 16.3. The lowest BCUT2D eigenvalue weighted by Gasteiger charge is -2.21. The molecule has 152 valence electrons. The maximum absolute atomic E-state index is 13.3. The molecule has 2 heterocycles. The Morgan fingerprint density at radius 2 is 1.80 bits per heavy atom. The van der Waals surface area contributed by atoms with Crippen LogP contribution in [0.1, 0.15) is 16.7 Å². The average molecular weight is 420 g/mol. The van der Waals surface area contributed by atoms with Crippen molar-refractivity contribution in [3.63, 3.8) is 0 Å². The van der Waals surface area contributed by atoms with Gasteiger partial charge in [-0.15, -0.1) is 0 Å². The number of rotatable bonds is 3. The molecular weight excluding hydrogens is 398 g/mol. The van der Waals surface area contributed by atoms with Crippen LogP contribution in [0.3, 0.4) is 0 Å². The van der Waals surface area contributed by atoms with E-state index in [4.69, 9.17) is 5.14 Å². The van der Waals surface area contributed by atoms with E-state index in [1.54, 1.807) is 17.2 Å². The van der Waals surface area contributed by atoms with Gasteiger partial charge in [0.25, 0.3) is 0 Å². The highest BCUT2D eigenvalue weighted by Crippen LogP contribution is 2.36. The Balaban J connectivity index is 1.40. The van der Waals surface area contributed by atoms with Gasteiger partial charge in [0.05, 0.1) is 10.6 Å². The van der Waals surface area contributed by atoms with Gasteiger partial charge >= 0.3 is 0 Å². The first-order valence-electron chi connectivity index (χ1n) is 9.90. The summed E-state index contributed by atoms with van der Waals surface area (Å²) in [4.78, 5) is 19.5. The predicted octanol–water partition coefficient (Wildman–Crippen LogP) is 2.70. The van der Waals surface area contributed by atoms with Gasteiger partial charge in [-0.3, -0.25) is 9.78 Å². The number of primary sulfonamides is 1. The third-order valence-electron chi connectivity index (χ3n) is 6.00. The Morgan fingerprint density at radius 1 is 1.00 bits per heavy atom. The number of aromatic nitrogens is 1. The van der Waals surface area contributed by atoms with Gasteiger partial charge < -0.3 is 4.90 Å². The van der Waals surface area contributed by atoms with E-state index in [0.717, 1.165) is 23.2 Å². The highest BCUT2D eigenvalue weighted by molar-refractivity contribution is 7.89. The summed E-state index contributed by atoms with van der Waals surface area (Å²) in [6, 6.07) is 16.9. The Bertz CT molecular complexity index is 1260. The molecule has 2 aromatic carbocycles. The molecule has 7 heteroatoms. The molecule has 2 N–H and O–H groups in total. The summed E-state index contributed by atoms with van der Waals surface area (Å²) < 4.78 is 23.5. The lowest BCUT2D eigenvalue weighted by Crippen LogP contribution is -2.35. The first-order valence-corrected chi connectivity index (χ1v) is 11.4. The fraction of sp³-hybridized carbons (Fsp3) is 0.217. The van der Waals surface area contributed by atoms with Crippen LogP contribution in [0.2, 0.25) is 0 Å². The average Bonchev–Trinajstić information content (AvgIpc) is 3.36. The lowest BCUT2D eigenvalue weighted by atomic mass is 10.0. The molecule has 6 nitrogen and oxygen atoms in total. The number of amides is 1. The molecular formula is C23H21N3O3S. The van der Waals surface area contributed by atoms with E-state index in [9.17, 15) is 13.2 Å². The summed E-state index contributed by atoms with van der Waals surface area (Å²) in [5.41, 5.74) is 5.96. The summed E-state index contributed by atoms with van der Waals surface area (Å²) in [6.45, 7) is 0.564.